The molecule has 0 aliphatic heterocycles. The minimum atomic E-state index is -0.413. The van der Waals surface area contributed by atoms with E-state index >= 15 is 0 Å². The Morgan fingerprint density at radius 3 is 2.23 bits per heavy atom. The Labute approximate surface area is 186 Å². The highest BCUT2D eigenvalue weighted by molar-refractivity contribution is 6.35. The predicted molar refractivity (Wildman–Crippen MR) is 116 cm³/mol. The first-order valence-electron chi connectivity index (χ1n) is 8.72. The summed E-state index contributed by atoms with van der Waals surface area (Å²) in [6.07, 6.45) is 2.50. The lowest BCUT2D eigenvalue weighted by atomic mass is 10.0. The fourth-order valence-corrected chi connectivity index (χ4v) is 3.68. The van der Waals surface area contributed by atoms with Crippen LogP contribution in [-0.4, -0.2) is 30.6 Å². The average molecular weight is 460 g/mol. The molecule has 2 aromatic heterocycles. The summed E-state index contributed by atoms with van der Waals surface area (Å²) in [5, 5.41) is 15.3. The van der Waals surface area contributed by atoms with E-state index in [2.05, 4.69) is 15.1 Å². The second kappa shape index (κ2) is 8.07. The second-order valence-electron chi connectivity index (χ2n) is 6.44. The van der Waals surface area contributed by atoms with E-state index in [0.29, 0.717) is 32.0 Å². The summed E-state index contributed by atoms with van der Waals surface area (Å²) in [5.41, 5.74) is 3.09. The van der Waals surface area contributed by atoms with Gasteiger partial charge in [0.2, 0.25) is 5.78 Å². The van der Waals surface area contributed by atoms with Crippen molar-refractivity contribution in [2.24, 2.45) is 0 Å². The Kier molecular flexibility index (Phi) is 5.47. The van der Waals surface area contributed by atoms with E-state index in [4.69, 9.17) is 34.8 Å². The molecular formula is C21H13Cl3N4O2. The first-order valence-corrected chi connectivity index (χ1v) is 9.85. The van der Waals surface area contributed by atoms with Crippen LogP contribution in [0.1, 0.15) is 21.6 Å². The number of rotatable bonds is 4. The van der Waals surface area contributed by atoms with Crippen molar-refractivity contribution < 1.29 is 9.90 Å². The van der Waals surface area contributed by atoms with Crippen LogP contribution in [-0.2, 0) is 0 Å². The third-order valence-electron chi connectivity index (χ3n) is 4.49. The van der Waals surface area contributed by atoms with Crippen LogP contribution in [0.25, 0.3) is 16.9 Å². The summed E-state index contributed by atoms with van der Waals surface area (Å²) in [6, 6.07) is 11.8. The lowest BCUT2D eigenvalue weighted by molar-refractivity contribution is 0.103. The third kappa shape index (κ3) is 3.77. The maximum Gasteiger partial charge on any atom is 0.313 e. The second-order valence-corrected chi connectivity index (χ2v) is 7.72. The zero-order valence-corrected chi connectivity index (χ0v) is 17.7. The molecule has 0 bridgehead atoms. The lowest BCUT2D eigenvalue weighted by Gasteiger charge is -2.11. The Bertz CT molecular complexity index is 1250. The van der Waals surface area contributed by atoms with Crippen LogP contribution in [0.2, 0.25) is 15.1 Å². The van der Waals surface area contributed by atoms with Crippen molar-refractivity contribution in [2.45, 2.75) is 6.92 Å². The number of ketones is 1. The minimum Gasteiger partial charge on any atom is -0.479 e. The fraction of sp³-hybridized carbons (Fsp3) is 0.0476. The summed E-state index contributed by atoms with van der Waals surface area (Å²) in [5.74, 6) is -0.383. The van der Waals surface area contributed by atoms with Gasteiger partial charge in [-0.15, -0.1) is 0 Å². The zero-order chi connectivity index (χ0) is 21.4. The molecular weight excluding hydrogens is 447 g/mol. The molecule has 0 aliphatic rings. The monoisotopic (exact) mass is 458 g/mol. The Hall–Kier alpha value is -2.93. The van der Waals surface area contributed by atoms with Crippen molar-refractivity contribution in [2.75, 3.05) is 0 Å². The van der Waals surface area contributed by atoms with Crippen molar-refractivity contribution in [3.8, 4) is 23.0 Å². The number of carbonyl (C=O) groups excluding carboxylic acids is 1. The molecule has 1 N–H and O–H groups in total. The molecule has 0 spiro atoms. The van der Waals surface area contributed by atoms with E-state index in [-0.39, 0.29) is 17.0 Å². The molecule has 2 aromatic carbocycles. The van der Waals surface area contributed by atoms with Crippen molar-refractivity contribution in [1.29, 1.82) is 0 Å². The molecule has 0 fully saturated rings. The van der Waals surface area contributed by atoms with Crippen molar-refractivity contribution in [3.05, 3.63) is 86.7 Å². The van der Waals surface area contributed by atoms with Gasteiger partial charge < -0.3 is 5.11 Å². The standard InChI is InChI=1S/C21H13Cl3N4O2/c1-11-18(20(29)13-9-25-21(30)26-10-13)27-28(17-7-6-15(23)8-16(17)24)19(11)12-2-4-14(22)5-3-12/h2-10H,1H3,(H,25,26,30). The number of nitrogens with zero attached hydrogens (tertiary/aromatic N) is 4. The van der Waals surface area contributed by atoms with Crippen molar-refractivity contribution in [1.82, 2.24) is 19.7 Å². The van der Waals surface area contributed by atoms with Gasteiger partial charge in [-0.1, -0.05) is 46.9 Å². The summed E-state index contributed by atoms with van der Waals surface area (Å²) in [7, 11) is 0. The van der Waals surface area contributed by atoms with Gasteiger partial charge in [0, 0.05) is 33.6 Å². The van der Waals surface area contributed by atoms with Gasteiger partial charge in [-0.3, -0.25) is 4.79 Å². The third-order valence-corrected chi connectivity index (χ3v) is 5.28. The van der Waals surface area contributed by atoms with Gasteiger partial charge in [-0.05, 0) is 37.3 Å². The Balaban J connectivity index is 1.94. The molecule has 4 rings (SSSR count). The number of benzene rings is 2. The molecule has 2 heterocycles. The Morgan fingerprint density at radius 1 is 0.967 bits per heavy atom. The maximum atomic E-state index is 13.1. The maximum absolute atomic E-state index is 13.1. The molecule has 0 unspecified atom stereocenters. The van der Waals surface area contributed by atoms with Gasteiger partial charge >= 0.3 is 6.01 Å². The topological polar surface area (TPSA) is 80.9 Å². The zero-order valence-electron chi connectivity index (χ0n) is 15.5. The summed E-state index contributed by atoms with van der Waals surface area (Å²) in [6.45, 7) is 1.80. The molecule has 0 radical (unpaired) electrons. The van der Waals surface area contributed by atoms with E-state index in [1.165, 1.54) is 12.4 Å². The van der Waals surface area contributed by atoms with Crippen LogP contribution in [0.15, 0.2) is 54.9 Å². The molecule has 0 aliphatic carbocycles. The quantitative estimate of drug-likeness (QED) is 0.406. The molecule has 6 nitrogen and oxygen atoms in total. The minimum absolute atomic E-state index is 0.199. The number of aromatic hydroxyl groups is 1. The van der Waals surface area contributed by atoms with Gasteiger partial charge in [-0.2, -0.15) is 5.10 Å². The summed E-state index contributed by atoms with van der Waals surface area (Å²) >= 11 is 18.5. The van der Waals surface area contributed by atoms with Gasteiger partial charge in [0.15, 0.2) is 0 Å². The van der Waals surface area contributed by atoms with E-state index in [0.717, 1.165) is 5.56 Å². The molecule has 9 heteroatoms. The first kappa shape index (κ1) is 20.3. The average Bonchev–Trinajstić information content (AvgIpc) is 3.05. The van der Waals surface area contributed by atoms with Crippen molar-refractivity contribution in [3.63, 3.8) is 0 Å². The van der Waals surface area contributed by atoms with Gasteiger partial charge in [0.25, 0.3) is 0 Å². The summed E-state index contributed by atoms with van der Waals surface area (Å²) in [4.78, 5) is 20.4. The van der Waals surface area contributed by atoms with E-state index in [1.807, 2.05) is 12.1 Å². The van der Waals surface area contributed by atoms with Crippen LogP contribution in [0.3, 0.4) is 0 Å². The van der Waals surface area contributed by atoms with Crippen LogP contribution >= 0.6 is 34.8 Å². The molecule has 30 heavy (non-hydrogen) atoms. The van der Waals surface area contributed by atoms with Crippen LogP contribution in [0, 0.1) is 6.92 Å². The fourth-order valence-electron chi connectivity index (χ4n) is 3.06. The molecule has 0 saturated heterocycles. The SMILES string of the molecule is Cc1c(C(=O)c2cnc(O)nc2)nn(-c2ccc(Cl)cc2Cl)c1-c1ccc(Cl)cc1. The number of carbonyl (C=O) groups is 1. The van der Waals surface area contributed by atoms with Gasteiger partial charge in [0.05, 0.1) is 22.0 Å². The summed E-state index contributed by atoms with van der Waals surface area (Å²) < 4.78 is 1.60. The van der Waals surface area contributed by atoms with E-state index < -0.39 is 6.01 Å². The number of halogens is 3. The predicted octanol–water partition coefficient (Wildman–Crippen LogP) is 5.53. The highest BCUT2D eigenvalue weighted by Crippen LogP contribution is 2.33. The number of hydrogen-bond acceptors (Lipinski definition) is 5. The number of aromatic nitrogens is 4. The van der Waals surface area contributed by atoms with Gasteiger partial charge in [-0.25, -0.2) is 14.6 Å². The van der Waals surface area contributed by atoms with Crippen LogP contribution in [0.4, 0.5) is 0 Å². The van der Waals surface area contributed by atoms with Crippen LogP contribution < -0.4 is 0 Å². The van der Waals surface area contributed by atoms with Crippen LogP contribution in [0.5, 0.6) is 6.01 Å². The molecule has 0 amide bonds. The van der Waals surface area contributed by atoms with E-state index in [1.54, 1.807) is 41.9 Å². The molecule has 150 valence electrons. The van der Waals surface area contributed by atoms with Gasteiger partial charge in [0.1, 0.15) is 5.69 Å². The first-order chi connectivity index (χ1) is 14.3. The largest absolute Gasteiger partial charge is 0.479 e. The van der Waals surface area contributed by atoms with Crippen molar-refractivity contribution >= 4 is 40.6 Å². The molecule has 0 saturated carbocycles. The van der Waals surface area contributed by atoms with E-state index in [9.17, 15) is 9.90 Å². The Morgan fingerprint density at radius 2 is 1.60 bits per heavy atom. The lowest BCUT2D eigenvalue weighted by Crippen LogP contribution is -2.06. The number of hydrogen-bond donors (Lipinski definition) is 1. The molecule has 4 aromatic rings. The molecule has 0 atom stereocenters. The highest BCUT2D eigenvalue weighted by atomic mass is 35.5. The smallest absolute Gasteiger partial charge is 0.313 e. The normalized spacial score (nSPS) is 10.9. The highest BCUT2D eigenvalue weighted by Gasteiger charge is 2.24.